The molecule has 0 saturated heterocycles. The second kappa shape index (κ2) is 7.82. The molecule has 0 fully saturated rings. The minimum Gasteiger partial charge on any atom is -0.280 e. The Bertz CT molecular complexity index is 1470. The zero-order chi connectivity index (χ0) is 22.2. The molecule has 0 radical (unpaired) electrons. The van der Waals surface area contributed by atoms with Crippen LogP contribution in [-0.2, 0) is 26.4 Å². The average molecular weight is 456 g/mol. The van der Waals surface area contributed by atoms with Gasteiger partial charge >= 0.3 is 0 Å². The summed E-state index contributed by atoms with van der Waals surface area (Å²) in [5, 5.41) is 5.01. The van der Waals surface area contributed by atoms with E-state index in [0.717, 1.165) is 17.2 Å². The second-order valence-corrected chi connectivity index (χ2v) is 10.8. The fourth-order valence-electron chi connectivity index (χ4n) is 3.27. The Kier molecular flexibility index (Phi) is 5.32. The maximum atomic E-state index is 12.7. The Morgan fingerprint density at radius 2 is 1.55 bits per heavy atom. The van der Waals surface area contributed by atoms with E-state index in [-0.39, 0.29) is 9.79 Å². The lowest BCUT2D eigenvalue weighted by Gasteiger charge is -2.11. The molecule has 31 heavy (non-hydrogen) atoms. The first-order chi connectivity index (χ1) is 14.7. The molecule has 1 heterocycles. The summed E-state index contributed by atoms with van der Waals surface area (Å²) in [6, 6.07) is 19.1. The van der Waals surface area contributed by atoms with E-state index in [2.05, 4.69) is 34.1 Å². The first-order valence-electron chi connectivity index (χ1n) is 9.57. The van der Waals surface area contributed by atoms with Gasteiger partial charge in [-0.05, 0) is 54.4 Å². The molecule has 2 aromatic carbocycles. The van der Waals surface area contributed by atoms with Crippen LogP contribution >= 0.6 is 0 Å². The van der Waals surface area contributed by atoms with Gasteiger partial charge in [-0.2, -0.15) is 5.10 Å². The van der Waals surface area contributed by atoms with Gasteiger partial charge in [0.1, 0.15) is 4.90 Å². The van der Waals surface area contributed by atoms with Crippen molar-refractivity contribution in [3.8, 4) is 11.1 Å². The molecule has 1 aromatic heterocycles. The molecule has 9 heteroatoms. The fraction of sp³-hybridized carbons (Fsp3) is 0.136. The predicted octanol–water partition coefficient (Wildman–Crippen LogP) is 3.93. The number of anilines is 1. The van der Waals surface area contributed by atoms with Gasteiger partial charge in [-0.3, -0.25) is 9.40 Å². The monoisotopic (exact) mass is 455 g/mol. The third-order valence-corrected chi connectivity index (χ3v) is 7.57. The number of nitrogens with one attached hydrogen (secondary N) is 1. The molecule has 0 aliphatic heterocycles. The summed E-state index contributed by atoms with van der Waals surface area (Å²) >= 11 is 0. The minimum absolute atomic E-state index is 0.234. The van der Waals surface area contributed by atoms with E-state index in [4.69, 9.17) is 0 Å². The summed E-state index contributed by atoms with van der Waals surface area (Å²) in [6.07, 6.45) is 2.63. The Balaban J connectivity index is 0.000000325. The standard InChI is InChI=1S/C16H17N3O4S2.C6H4/c1-3-19-14-9-8-13(10-12(14)11-17-19)18-25(22,23)16-7-5-4-6-15(16)24(2,20)21;1-2-5-4-6(5)3-1/h4-11,18H,3H2,1-2H3;1-4H. The van der Waals surface area contributed by atoms with Crippen LogP contribution in [0, 0.1) is 0 Å². The van der Waals surface area contributed by atoms with Crippen LogP contribution in [0.1, 0.15) is 6.92 Å². The topological polar surface area (TPSA) is 98.1 Å². The van der Waals surface area contributed by atoms with Gasteiger partial charge in [0, 0.05) is 23.9 Å². The molecule has 0 bridgehead atoms. The molecule has 0 spiro atoms. The minimum atomic E-state index is -4.05. The van der Waals surface area contributed by atoms with Crippen molar-refractivity contribution in [2.45, 2.75) is 23.3 Å². The zero-order valence-electron chi connectivity index (χ0n) is 17.0. The van der Waals surface area contributed by atoms with E-state index in [1.54, 1.807) is 29.1 Å². The Morgan fingerprint density at radius 1 is 0.871 bits per heavy atom. The van der Waals surface area contributed by atoms with Crippen molar-refractivity contribution in [3.63, 3.8) is 0 Å². The third-order valence-electron chi connectivity index (χ3n) is 4.84. The average Bonchev–Trinajstić information content (AvgIpc) is 3.13. The number of rotatable bonds is 5. The van der Waals surface area contributed by atoms with E-state index in [1.165, 1.54) is 35.4 Å². The lowest BCUT2D eigenvalue weighted by atomic mass is 10.2. The molecule has 5 rings (SSSR count). The molecule has 160 valence electrons. The van der Waals surface area contributed by atoms with Crippen molar-refractivity contribution < 1.29 is 16.8 Å². The number of hydrogen-bond donors (Lipinski definition) is 1. The molecule has 0 amide bonds. The molecule has 0 atom stereocenters. The lowest BCUT2D eigenvalue weighted by Crippen LogP contribution is -2.16. The van der Waals surface area contributed by atoms with Crippen LogP contribution < -0.4 is 4.72 Å². The summed E-state index contributed by atoms with van der Waals surface area (Å²) in [4.78, 5) is -0.510. The number of sulfone groups is 1. The lowest BCUT2D eigenvalue weighted by molar-refractivity contribution is 0.588. The van der Waals surface area contributed by atoms with E-state index in [9.17, 15) is 16.8 Å². The van der Waals surface area contributed by atoms with Crippen molar-refractivity contribution in [3.05, 3.63) is 72.9 Å². The highest BCUT2D eigenvalue weighted by atomic mass is 32.2. The number of fused-ring (bicyclic) bond motifs is 2. The predicted molar refractivity (Wildman–Crippen MR) is 121 cm³/mol. The summed E-state index contributed by atoms with van der Waals surface area (Å²) in [6.45, 7) is 2.67. The highest BCUT2D eigenvalue weighted by molar-refractivity contribution is 7.95. The van der Waals surface area contributed by atoms with Crippen LogP contribution in [0.4, 0.5) is 5.69 Å². The molecule has 2 aliphatic carbocycles. The molecule has 2 aliphatic rings. The number of nitrogens with zero attached hydrogens (tertiary/aromatic N) is 2. The summed E-state index contributed by atoms with van der Waals surface area (Å²) < 4.78 is 53.3. The van der Waals surface area contributed by atoms with Gasteiger partial charge in [-0.1, -0.05) is 30.3 Å². The van der Waals surface area contributed by atoms with E-state index in [0.29, 0.717) is 12.2 Å². The maximum Gasteiger partial charge on any atom is 0.263 e. The third kappa shape index (κ3) is 4.47. The summed E-state index contributed by atoms with van der Waals surface area (Å²) in [5.41, 5.74) is 4.08. The molecule has 0 unspecified atom stereocenters. The highest BCUT2D eigenvalue weighted by Gasteiger charge is 2.23. The zero-order valence-corrected chi connectivity index (χ0v) is 18.6. The van der Waals surface area contributed by atoms with Gasteiger partial charge < -0.3 is 0 Å². The number of hydrogen-bond acceptors (Lipinski definition) is 5. The summed E-state index contributed by atoms with van der Waals surface area (Å²) in [5.74, 6) is 0. The van der Waals surface area contributed by atoms with Crippen molar-refractivity contribution >= 4 is 36.5 Å². The molecular weight excluding hydrogens is 434 g/mol. The van der Waals surface area contributed by atoms with Crippen LogP contribution in [-0.4, -0.2) is 32.9 Å². The van der Waals surface area contributed by atoms with E-state index in [1.807, 2.05) is 6.92 Å². The molecule has 1 N–H and O–H groups in total. The van der Waals surface area contributed by atoms with Gasteiger partial charge in [-0.25, -0.2) is 16.8 Å². The quantitative estimate of drug-likeness (QED) is 0.433. The molecule has 7 nitrogen and oxygen atoms in total. The van der Waals surface area contributed by atoms with Crippen LogP contribution in [0.25, 0.3) is 22.0 Å². The van der Waals surface area contributed by atoms with Gasteiger partial charge in [0.25, 0.3) is 10.0 Å². The second-order valence-electron chi connectivity index (χ2n) is 7.14. The van der Waals surface area contributed by atoms with Crippen LogP contribution in [0.15, 0.2) is 82.7 Å². The Morgan fingerprint density at radius 3 is 2.10 bits per heavy atom. The van der Waals surface area contributed by atoms with Crippen molar-refractivity contribution in [1.29, 1.82) is 0 Å². The number of benzene rings is 3. The largest absolute Gasteiger partial charge is 0.280 e. The van der Waals surface area contributed by atoms with Gasteiger partial charge in [-0.15, -0.1) is 0 Å². The Labute approximate surface area is 181 Å². The van der Waals surface area contributed by atoms with Gasteiger partial charge in [0.2, 0.25) is 0 Å². The SMILES string of the molecule is CCn1ncc2cc(NS(=O)(=O)c3ccccc3S(C)(=O)=O)ccc21.c1cc2cc-2c1. The van der Waals surface area contributed by atoms with Crippen LogP contribution in [0.2, 0.25) is 0 Å². The molecule has 0 saturated carbocycles. The first-order valence-corrected chi connectivity index (χ1v) is 12.9. The number of sulfonamides is 1. The number of aromatic nitrogens is 2. The van der Waals surface area contributed by atoms with E-state index < -0.39 is 19.9 Å². The van der Waals surface area contributed by atoms with Crippen molar-refractivity contribution in [2.24, 2.45) is 0 Å². The van der Waals surface area contributed by atoms with Gasteiger partial charge in [0.15, 0.2) is 9.84 Å². The smallest absolute Gasteiger partial charge is 0.263 e. The maximum absolute atomic E-state index is 12.7. The highest BCUT2D eigenvalue weighted by Crippen LogP contribution is 2.32. The van der Waals surface area contributed by atoms with Crippen LogP contribution in [0.5, 0.6) is 0 Å². The van der Waals surface area contributed by atoms with Crippen LogP contribution in [0.3, 0.4) is 0 Å². The van der Waals surface area contributed by atoms with E-state index >= 15 is 0 Å². The fourth-order valence-corrected chi connectivity index (χ4v) is 5.95. The normalized spacial score (nSPS) is 12.2. The summed E-state index contributed by atoms with van der Waals surface area (Å²) in [7, 11) is -7.73. The number of aryl methyl sites for hydroxylation is 1. The molecule has 3 aromatic rings. The first kappa shape index (κ1) is 21.1. The van der Waals surface area contributed by atoms with Crippen molar-refractivity contribution in [1.82, 2.24) is 9.78 Å². The molecular formula is C22H21N3O4S2. The van der Waals surface area contributed by atoms with Crippen molar-refractivity contribution in [2.75, 3.05) is 11.0 Å². The van der Waals surface area contributed by atoms with Gasteiger partial charge in [0.05, 0.1) is 16.6 Å². The Hall–Kier alpha value is -3.17.